The van der Waals surface area contributed by atoms with Crippen molar-refractivity contribution in [1.29, 1.82) is 0 Å². The summed E-state index contributed by atoms with van der Waals surface area (Å²) < 4.78 is 5.42. The molecule has 0 fully saturated rings. The lowest BCUT2D eigenvalue weighted by molar-refractivity contribution is 0.344. The number of nitrogens with zero attached hydrogens (tertiary/aromatic N) is 3. The second-order valence-corrected chi connectivity index (χ2v) is 4.50. The number of hydrogen-bond donors (Lipinski definition) is 1. The molecule has 0 saturated heterocycles. The van der Waals surface area contributed by atoms with Gasteiger partial charge in [0.25, 0.3) is 0 Å². The molecule has 0 bridgehead atoms. The van der Waals surface area contributed by atoms with Crippen LogP contribution in [0.3, 0.4) is 0 Å². The minimum absolute atomic E-state index is 0.475. The Balaban J connectivity index is 1.88. The number of rotatable bonds is 5. The van der Waals surface area contributed by atoms with Crippen LogP contribution >= 0.6 is 11.3 Å². The molecule has 86 valence electrons. The largest absolute Gasteiger partial charge is 0.407 e. The number of thiophene rings is 1. The van der Waals surface area contributed by atoms with Gasteiger partial charge < -0.3 is 14.6 Å². The minimum atomic E-state index is 0.475. The summed E-state index contributed by atoms with van der Waals surface area (Å²) in [4.78, 5) is 1.98. The molecule has 6 heteroatoms. The van der Waals surface area contributed by atoms with E-state index in [0.717, 1.165) is 0 Å². The maximum atomic E-state index is 5.42. The van der Waals surface area contributed by atoms with E-state index in [4.69, 9.17) is 4.42 Å². The molecule has 0 aliphatic rings. The van der Waals surface area contributed by atoms with Gasteiger partial charge in [-0.3, -0.25) is 0 Å². The maximum Gasteiger partial charge on any atom is 0.315 e. The summed E-state index contributed by atoms with van der Waals surface area (Å²) >= 11 is 1.68. The fraction of sp³-hybridized carbons (Fsp3) is 0.400. The van der Waals surface area contributed by atoms with Gasteiger partial charge in [-0.1, -0.05) is 5.10 Å². The van der Waals surface area contributed by atoms with Gasteiger partial charge in [0, 0.05) is 6.54 Å². The van der Waals surface area contributed by atoms with Crippen LogP contribution in [0.5, 0.6) is 0 Å². The lowest BCUT2D eigenvalue weighted by Crippen LogP contribution is -2.10. The molecule has 0 spiro atoms. The van der Waals surface area contributed by atoms with E-state index in [2.05, 4.69) is 27.0 Å². The molecule has 0 radical (unpaired) electrons. The van der Waals surface area contributed by atoms with E-state index in [1.165, 1.54) is 5.56 Å². The summed E-state index contributed by atoms with van der Waals surface area (Å²) in [5, 5.41) is 15.1. The van der Waals surface area contributed by atoms with Gasteiger partial charge in [-0.05, 0) is 36.5 Å². The number of anilines is 1. The first-order chi connectivity index (χ1) is 7.74. The van der Waals surface area contributed by atoms with E-state index in [1.54, 1.807) is 11.3 Å². The molecular weight excluding hydrogens is 224 g/mol. The van der Waals surface area contributed by atoms with Crippen molar-refractivity contribution in [1.82, 2.24) is 15.1 Å². The van der Waals surface area contributed by atoms with Gasteiger partial charge in [0.15, 0.2) is 0 Å². The number of nitrogens with one attached hydrogen (secondary N) is 1. The van der Waals surface area contributed by atoms with E-state index >= 15 is 0 Å². The molecule has 2 aromatic rings. The molecule has 0 saturated carbocycles. The number of hydrogen-bond acceptors (Lipinski definition) is 6. The van der Waals surface area contributed by atoms with Crippen LogP contribution in [-0.2, 0) is 13.1 Å². The van der Waals surface area contributed by atoms with Gasteiger partial charge in [-0.15, -0.1) is 5.10 Å². The average molecular weight is 238 g/mol. The Morgan fingerprint density at radius 2 is 2.31 bits per heavy atom. The molecular formula is C10H14N4OS. The van der Waals surface area contributed by atoms with Crippen molar-refractivity contribution in [3.63, 3.8) is 0 Å². The zero-order valence-corrected chi connectivity index (χ0v) is 10.1. The Kier molecular flexibility index (Phi) is 3.53. The molecule has 0 atom stereocenters. The molecule has 5 nitrogen and oxygen atoms in total. The molecule has 1 N–H and O–H groups in total. The minimum Gasteiger partial charge on any atom is -0.407 e. The summed E-state index contributed by atoms with van der Waals surface area (Å²) in [6.45, 7) is 1.38. The summed E-state index contributed by atoms with van der Waals surface area (Å²) in [6, 6.07) is 2.54. The predicted octanol–water partition coefficient (Wildman–Crippen LogP) is 1.80. The van der Waals surface area contributed by atoms with E-state index in [1.807, 2.05) is 24.4 Å². The highest BCUT2D eigenvalue weighted by atomic mass is 32.1. The Labute approximate surface area is 98.1 Å². The molecule has 2 rings (SSSR count). The fourth-order valence-electron chi connectivity index (χ4n) is 1.23. The van der Waals surface area contributed by atoms with Gasteiger partial charge in [-0.25, -0.2) is 0 Å². The van der Waals surface area contributed by atoms with Crippen LogP contribution < -0.4 is 5.32 Å². The third-order valence-electron chi connectivity index (χ3n) is 1.94. The Bertz CT molecular complexity index is 424. The standard InChI is InChI=1S/C10H14N4OS/c1-14(2)6-9-12-13-10(15-9)11-5-8-3-4-16-7-8/h3-4,7H,5-6H2,1-2H3,(H,11,13). The highest BCUT2D eigenvalue weighted by molar-refractivity contribution is 7.07. The smallest absolute Gasteiger partial charge is 0.315 e. The molecule has 0 aromatic carbocycles. The Hall–Kier alpha value is -1.40. The van der Waals surface area contributed by atoms with Crippen LogP contribution in [0.1, 0.15) is 11.5 Å². The van der Waals surface area contributed by atoms with Crippen LogP contribution in [0.4, 0.5) is 6.01 Å². The van der Waals surface area contributed by atoms with Crippen molar-refractivity contribution in [2.24, 2.45) is 0 Å². The lowest BCUT2D eigenvalue weighted by Gasteiger charge is -2.03. The van der Waals surface area contributed by atoms with Crippen LogP contribution in [0.2, 0.25) is 0 Å². The van der Waals surface area contributed by atoms with Crippen molar-refractivity contribution in [3.05, 3.63) is 28.3 Å². The van der Waals surface area contributed by atoms with Gasteiger partial charge in [-0.2, -0.15) is 11.3 Å². The molecule has 0 unspecified atom stereocenters. The highest BCUT2D eigenvalue weighted by Crippen LogP contribution is 2.10. The Morgan fingerprint density at radius 1 is 1.44 bits per heavy atom. The first-order valence-corrected chi connectivity index (χ1v) is 5.90. The van der Waals surface area contributed by atoms with Gasteiger partial charge in [0.05, 0.1) is 6.54 Å². The van der Waals surface area contributed by atoms with E-state index in [9.17, 15) is 0 Å². The zero-order valence-electron chi connectivity index (χ0n) is 9.30. The third kappa shape index (κ3) is 3.04. The summed E-state index contributed by atoms with van der Waals surface area (Å²) in [6.07, 6.45) is 0. The van der Waals surface area contributed by atoms with Crippen molar-refractivity contribution in [2.75, 3.05) is 19.4 Å². The van der Waals surface area contributed by atoms with Crippen LogP contribution in [0.15, 0.2) is 21.2 Å². The highest BCUT2D eigenvalue weighted by Gasteiger charge is 2.06. The van der Waals surface area contributed by atoms with E-state index < -0.39 is 0 Å². The van der Waals surface area contributed by atoms with Crippen LogP contribution in [0.25, 0.3) is 0 Å². The molecule has 0 aliphatic heterocycles. The molecule has 2 aromatic heterocycles. The van der Waals surface area contributed by atoms with E-state index in [-0.39, 0.29) is 0 Å². The van der Waals surface area contributed by atoms with Crippen LogP contribution in [0, 0.1) is 0 Å². The van der Waals surface area contributed by atoms with Crippen molar-refractivity contribution >= 4 is 17.4 Å². The van der Waals surface area contributed by atoms with E-state index in [0.29, 0.717) is 25.0 Å². The summed E-state index contributed by atoms with van der Waals surface area (Å²) in [5.74, 6) is 0.623. The normalized spacial score (nSPS) is 10.9. The quantitative estimate of drug-likeness (QED) is 0.861. The second kappa shape index (κ2) is 5.09. The van der Waals surface area contributed by atoms with Crippen LogP contribution in [-0.4, -0.2) is 29.2 Å². The maximum absolute atomic E-state index is 5.42. The molecule has 0 aliphatic carbocycles. The summed E-state index contributed by atoms with van der Waals surface area (Å²) in [5.41, 5.74) is 1.22. The Morgan fingerprint density at radius 3 is 3.00 bits per heavy atom. The summed E-state index contributed by atoms with van der Waals surface area (Å²) in [7, 11) is 3.92. The second-order valence-electron chi connectivity index (χ2n) is 3.72. The lowest BCUT2D eigenvalue weighted by atomic mass is 10.3. The SMILES string of the molecule is CN(C)Cc1nnc(NCc2ccsc2)o1. The van der Waals surface area contributed by atoms with Crippen molar-refractivity contribution in [3.8, 4) is 0 Å². The monoisotopic (exact) mass is 238 g/mol. The third-order valence-corrected chi connectivity index (χ3v) is 2.67. The average Bonchev–Trinajstić information content (AvgIpc) is 2.84. The zero-order chi connectivity index (χ0) is 11.4. The molecule has 0 amide bonds. The topological polar surface area (TPSA) is 54.2 Å². The van der Waals surface area contributed by atoms with Gasteiger partial charge in [0.1, 0.15) is 0 Å². The molecule has 2 heterocycles. The van der Waals surface area contributed by atoms with Gasteiger partial charge >= 0.3 is 6.01 Å². The molecule has 16 heavy (non-hydrogen) atoms. The predicted molar refractivity (Wildman–Crippen MR) is 63.3 cm³/mol. The fourth-order valence-corrected chi connectivity index (χ4v) is 1.90. The number of aromatic nitrogens is 2. The van der Waals surface area contributed by atoms with Crippen molar-refractivity contribution in [2.45, 2.75) is 13.1 Å². The first kappa shape index (κ1) is 11.1. The first-order valence-electron chi connectivity index (χ1n) is 4.96. The van der Waals surface area contributed by atoms with Crippen molar-refractivity contribution < 1.29 is 4.42 Å². The van der Waals surface area contributed by atoms with Gasteiger partial charge in [0.2, 0.25) is 5.89 Å².